The summed E-state index contributed by atoms with van der Waals surface area (Å²) >= 11 is 0. The molecule has 1 saturated heterocycles. The van der Waals surface area contributed by atoms with Crippen LogP contribution in [0, 0.1) is 5.92 Å². The second-order valence-corrected chi connectivity index (χ2v) is 5.40. The molecular weight excluding hydrogens is 268 g/mol. The summed E-state index contributed by atoms with van der Waals surface area (Å²) in [6.45, 7) is 2.93. The molecule has 0 saturated carbocycles. The standard InChI is InChI=1S/C16H22N2O3/c1-12(9-10-21-14-5-3-2-4-6-14)16(20)18-13-7-8-15(19)17-11-13/h2-6,12-13H,7-11H2,1H3,(H,17,19)(H,18,20)/t12-,13-/m1/s1. The highest BCUT2D eigenvalue weighted by Gasteiger charge is 2.22. The average molecular weight is 290 g/mol. The average Bonchev–Trinajstić information content (AvgIpc) is 2.50. The maximum atomic E-state index is 12.1. The van der Waals surface area contributed by atoms with Crippen LogP contribution in [-0.4, -0.2) is 31.0 Å². The molecule has 0 radical (unpaired) electrons. The molecule has 0 aliphatic carbocycles. The van der Waals surface area contributed by atoms with Crippen LogP contribution in [-0.2, 0) is 9.59 Å². The minimum Gasteiger partial charge on any atom is -0.494 e. The maximum Gasteiger partial charge on any atom is 0.223 e. The van der Waals surface area contributed by atoms with E-state index in [1.54, 1.807) is 0 Å². The van der Waals surface area contributed by atoms with Gasteiger partial charge in [0.1, 0.15) is 5.75 Å². The summed E-state index contributed by atoms with van der Waals surface area (Å²) in [5.41, 5.74) is 0. The van der Waals surface area contributed by atoms with Gasteiger partial charge in [0.2, 0.25) is 11.8 Å². The van der Waals surface area contributed by atoms with Crippen LogP contribution in [0.3, 0.4) is 0 Å². The maximum absolute atomic E-state index is 12.1. The third-order valence-corrected chi connectivity index (χ3v) is 3.62. The van der Waals surface area contributed by atoms with Crippen molar-refractivity contribution in [3.05, 3.63) is 30.3 Å². The van der Waals surface area contributed by atoms with E-state index in [0.717, 1.165) is 5.75 Å². The van der Waals surface area contributed by atoms with E-state index in [2.05, 4.69) is 10.6 Å². The molecular formula is C16H22N2O3. The van der Waals surface area contributed by atoms with Crippen LogP contribution in [0.4, 0.5) is 0 Å². The lowest BCUT2D eigenvalue weighted by Crippen LogP contribution is -2.49. The van der Waals surface area contributed by atoms with E-state index in [1.165, 1.54) is 0 Å². The van der Waals surface area contributed by atoms with Gasteiger partial charge in [-0.3, -0.25) is 9.59 Å². The second kappa shape index (κ2) is 7.67. The zero-order valence-corrected chi connectivity index (χ0v) is 12.3. The first kappa shape index (κ1) is 15.4. The number of para-hydroxylation sites is 1. The minimum atomic E-state index is -0.105. The number of hydrogen-bond donors (Lipinski definition) is 2. The van der Waals surface area contributed by atoms with Crippen molar-refractivity contribution in [2.75, 3.05) is 13.2 Å². The molecule has 0 spiro atoms. The fourth-order valence-electron chi connectivity index (χ4n) is 2.20. The molecule has 1 aromatic rings. The largest absolute Gasteiger partial charge is 0.494 e. The first-order chi connectivity index (χ1) is 10.1. The van der Waals surface area contributed by atoms with Crippen molar-refractivity contribution in [3.8, 4) is 5.75 Å². The highest BCUT2D eigenvalue weighted by molar-refractivity contribution is 5.80. The van der Waals surface area contributed by atoms with Crippen molar-refractivity contribution >= 4 is 11.8 Å². The zero-order valence-electron chi connectivity index (χ0n) is 12.3. The number of amides is 2. The van der Waals surface area contributed by atoms with Crippen LogP contribution in [0.1, 0.15) is 26.2 Å². The summed E-state index contributed by atoms with van der Waals surface area (Å²) in [6.07, 6.45) is 1.86. The molecule has 5 heteroatoms. The molecule has 0 bridgehead atoms. The Bertz CT molecular complexity index is 466. The number of ether oxygens (including phenoxy) is 1. The van der Waals surface area contributed by atoms with Crippen LogP contribution < -0.4 is 15.4 Å². The monoisotopic (exact) mass is 290 g/mol. The first-order valence-electron chi connectivity index (χ1n) is 7.40. The zero-order chi connectivity index (χ0) is 15.1. The molecule has 0 aromatic heterocycles. The van der Waals surface area contributed by atoms with Crippen molar-refractivity contribution in [2.45, 2.75) is 32.2 Å². The number of rotatable bonds is 6. The summed E-state index contributed by atoms with van der Waals surface area (Å²) in [4.78, 5) is 23.1. The summed E-state index contributed by atoms with van der Waals surface area (Å²) in [5, 5.41) is 5.74. The van der Waals surface area contributed by atoms with Crippen LogP contribution in [0.25, 0.3) is 0 Å². The number of benzene rings is 1. The normalized spacial score (nSPS) is 19.5. The van der Waals surface area contributed by atoms with Crippen molar-refractivity contribution in [2.24, 2.45) is 5.92 Å². The fourth-order valence-corrected chi connectivity index (χ4v) is 2.20. The van der Waals surface area contributed by atoms with Crippen LogP contribution >= 0.6 is 0 Å². The predicted molar refractivity (Wildman–Crippen MR) is 79.9 cm³/mol. The molecule has 2 N–H and O–H groups in total. The SMILES string of the molecule is C[C@H](CCOc1ccccc1)C(=O)N[C@@H]1CCC(=O)NC1. The summed E-state index contributed by atoms with van der Waals surface area (Å²) < 4.78 is 5.59. The van der Waals surface area contributed by atoms with Gasteiger partial charge in [0, 0.05) is 24.9 Å². The molecule has 0 unspecified atom stereocenters. The summed E-state index contributed by atoms with van der Waals surface area (Å²) in [6, 6.07) is 9.62. The number of carbonyl (C=O) groups is 2. The number of carbonyl (C=O) groups excluding carboxylic acids is 2. The Hall–Kier alpha value is -2.04. The van der Waals surface area contributed by atoms with Crippen LogP contribution in [0.5, 0.6) is 5.75 Å². The van der Waals surface area contributed by atoms with Crippen molar-refractivity contribution in [1.29, 1.82) is 0 Å². The van der Waals surface area contributed by atoms with Crippen molar-refractivity contribution in [3.63, 3.8) is 0 Å². The van der Waals surface area contributed by atoms with E-state index < -0.39 is 0 Å². The van der Waals surface area contributed by atoms with Gasteiger partial charge in [-0.15, -0.1) is 0 Å². The minimum absolute atomic E-state index is 0.0211. The number of piperidine rings is 1. The number of hydrogen-bond acceptors (Lipinski definition) is 3. The van der Waals surface area contributed by atoms with E-state index in [4.69, 9.17) is 4.74 Å². The van der Waals surface area contributed by atoms with E-state index >= 15 is 0 Å². The molecule has 114 valence electrons. The predicted octanol–water partition coefficient (Wildman–Crippen LogP) is 1.49. The smallest absolute Gasteiger partial charge is 0.223 e. The lowest BCUT2D eigenvalue weighted by molar-refractivity contribution is -0.127. The molecule has 1 fully saturated rings. The van der Waals surface area contributed by atoms with Gasteiger partial charge in [0.15, 0.2) is 0 Å². The van der Waals surface area contributed by atoms with E-state index in [0.29, 0.717) is 32.4 Å². The Balaban J connectivity index is 1.66. The van der Waals surface area contributed by atoms with E-state index in [9.17, 15) is 9.59 Å². The molecule has 2 rings (SSSR count). The molecule has 2 amide bonds. The first-order valence-corrected chi connectivity index (χ1v) is 7.40. The van der Waals surface area contributed by atoms with Gasteiger partial charge in [-0.2, -0.15) is 0 Å². The van der Waals surface area contributed by atoms with Gasteiger partial charge >= 0.3 is 0 Å². The molecule has 1 aromatic carbocycles. The topological polar surface area (TPSA) is 67.4 Å². The lowest BCUT2D eigenvalue weighted by Gasteiger charge is -2.25. The van der Waals surface area contributed by atoms with Gasteiger partial charge in [0.05, 0.1) is 6.61 Å². The van der Waals surface area contributed by atoms with Gasteiger partial charge < -0.3 is 15.4 Å². The van der Waals surface area contributed by atoms with Gasteiger partial charge in [-0.1, -0.05) is 25.1 Å². The molecule has 5 nitrogen and oxygen atoms in total. The summed E-state index contributed by atoms with van der Waals surface area (Å²) in [5.74, 6) is 0.795. The quantitative estimate of drug-likeness (QED) is 0.834. The van der Waals surface area contributed by atoms with Gasteiger partial charge in [-0.05, 0) is 25.0 Å². The van der Waals surface area contributed by atoms with Crippen LogP contribution in [0.2, 0.25) is 0 Å². The van der Waals surface area contributed by atoms with Crippen molar-refractivity contribution < 1.29 is 14.3 Å². The molecule has 1 aliphatic heterocycles. The van der Waals surface area contributed by atoms with E-state index in [-0.39, 0.29) is 23.8 Å². The Kier molecular flexibility index (Phi) is 5.60. The Morgan fingerprint density at radius 3 is 2.86 bits per heavy atom. The van der Waals surface area contributed by atoms with E-state index in [1.807, 2.05) is 37.3 Å². The third-order valence-electron chi connectivity index (χ3n) is 3.62. The molecule has 21 heavy (non-hydrogen) atoms. The highest BCUT2D eigenvalue weighted by Crippen LogP contribution is 2.11. The molecule has 2 atom stereocenters. The summed E-state index contributed by atoms with van der Waals surface area (Å²) in [7, 11) is 0. The second-order valence-electron chi connectivity index (χ2n) is 5.40. The fraction of sp³-hybridized carbons (Fsp3) is 0.500. The van der Waals surface area contributed by atoms with Crippen molar-refractivity contribution in [1.82, 2.24) is 10.6 Å². The Morgan fingerprint density at radius 1 is 1.43 bits per heavy atom. The molecule has 1 heterocycles. The van der Waals surface area contributed by atoms with Gasteiger partial charge in [0.25, 0.3) is 0 Å². The molecule has 1 aliphatic rings. The van der Waals surface area contributed by atoms with Crippen LogP contribution in [0.15, 0.2) is 30.3 Å². The third kappa shape index (κ3) is 5.10. The lowest BCUT2D eigenvalue weighted by atomic mass is 10.0. The highest BCUT2D eigenvalue weighted by atomic mass is 16.5. The Morgan fingerprint density at radius 2 is 2.19 bits per heavy atom. The Labute approximate surface area is 125 Å². The number of nitrogens with one attached hydrogen (secondary N) is 2. The van der Waals surface area contributed by atoms with Gasteiger partial charge in [-0.25, -0.2) is 0 Å².